The third kappa shape index (κ3) is 4.56. The molecule has 1 aliphatic rings. The minimum absolute atomic E-state index is 0.0837. The van der Waals surface area contributed by atoms with Crippen molar-refractivity contribution in [2.75, 3.05) is 52.3 Å². The van der Waals surface area contributed by atoms with Gasteiger partial charge in [0.2, 0.25) is 17.7 Å². The van der Waals surface area contributed by atoms with Crippen molar-refractivity contribution in [2.24, 2.45) is 5.92 Å². The Morgan fingerprint density at radius 1 is 1.50 bits per heavy atom. The summed E-state index contributed by atoms with van der Waals surface area (Å²) in [6.45, 7) is 3.34. The van der Waals surface area contributed by atoms with E-state index in [0.717, 1.165) is 32.5 Å². The number of anilines is 1. The molecule has 1 aromatic rings. The molecule has 0 atom stereocenters. The van der Waals surface area contributed by atoms with Gasteiger partial charge in [-0.25, -0.2) is 4.98 Å². The van der Waals surface area contributed by atoms with Gasteiger partial charge in [0.1, 0.15) is 0 Å². The maximum absolute atomic E-state index is 11.4. The van der Waals surface area contributed by atoms with E-state index in [4.69, 9.17) is 4.74 Å². The van der Waals surface area contributed by atoms with E-state index in [0.29, 0.717) is 24.3 Å². The van der Waals surface area contributed by atoms with Crippen molar-refractivity contribution in [3.8, 4) is 5.88 Å². The molecule has 0 bridgehead atoms. The van der Waals surface area contributed by atoms with Crippen molar-refractivity contribution < 1.29 is 9.53 Å². The average molecular weight is 307 g/mol. The lowest BCUT2D eigenvalue weighted by Crippen LogP contribution is -2.42. The molecular formula is C15H25N5O2. The molecule has 122 valence electrons. The summed E-state index contributed by atoms with van der Waals surface area (Å²) in [5, 5.41) is 2.67. The SMILES string of the molecule is CNC(=O)CN1CCC(CN(C)c2nccc(OC)n2)CC1. The summed E-state index contributed by atoms with van der Waals surface area (Å²) in [5.41, 5.74) is 0. The predicted octanol–water partition coefficient (Wildman–Crippen LogP) is 0.379. The Morgan fingerprint density at radius 3 is 2.86 bits per heavy atom. The quantitative estimate of drug-likeness (QED) is 0.819. The van der Waals surface area contributed by atoms with Crippen LogP contribution in [0.1, 0.15) is 12.8 Å². The second-order valence-electron chi connectivity index (χ2n) is 5.67. The molecule has 1 amide bonds. The standard InChI is InChI=1S/C15H25N5O2/c1-16-13(21)11-20-8-5-12(6-9-20)10-19(2)15-17-7-4-14(18-15)22-3/h4,7,12H,5-6,8-11H2,1-3H3,(H,16,21). The van der Waals surface area contributed by atoms with E-state index in [1.807, 2.05) is 7.05 Å². The number of rotatable bonds is 6. The van der Waals surface area contributed by atoms with Gasteiger partial charge in [0.25, 0.3) is 0 Å². The molecule has 7 nitrogen and oxygen atoms in total. The highest BCUT2D eigenvalue weighted by Gasteiger charge is 2.22. The summed E-state index contributed by atoms with van der Waals surface area (Å²) >= 11 is 0. The number of amides is 1. The topological polar surface area (TPSA) is 70.6 Å². The van der Waals surface area contributed by atoms with Crippen LogP contribution in [0, 0.1) is 5.92 Å². The molecule has 0 unspecified atom stereocenters. The number of piperidine rings is 1. The first-order chi connectivity index (χ1) is 10.6. The molecule has 1 N–H and O–H groups in total. The number of carbonyl (C=O) groups is 1. The molecule has 0 aromatic carbocycles. The molecule has 1 fully saturated rings. The fourth-order valence-electron chi connectivity index (χ4n) is 2.71. The molecule has 0 aliphatic carbocycles. The van der Waals surface area contributed by atoms with Gasteiger partial charge >= 0.3 is 0 Å². The van der Waals surface area contributed by atoms with E-state index >= 15 is 0 Å². The molecule has 1 aliphatic heterocycles. The van der Waals surface area contributed by atoms with Gasteiger partial charge in [0, 0.05) is 32.9 Å². The first kappa shape index (κ1) is 16.5. The van der Waals surface area contributed by atoms with E-state index < -0.39 is 0 Å². The second-order valence-corrected chi connectivity index (χ2v) is 5.67. The number of likely N-dealkylation sites (N-methyl/N-ethyl adjacent to an activating group) is 1. The number of methoxy groups -OCH3 is 1. The zero-order valence-electron chi connectivity index (χ0n) is 13.6. The lowest BCUT2D eigenvalue weighted by Gasteiger charge is -2.33. The number of aromatic nitrogens is 2. The van der Waals surface area contributed by atoms with E-state index in [1.54, 1.807) is 26.4 Å². The number of ether oxygens (including phenoxy) is 1. The smallest absolute Gasteiger partial charge is 0.233 e. The Kier molecular flexibility index (Phi) is 5.94. The molecule has 1 aromatic heterocycles. The van der Waals surface area contributed by atoms with Crippen molar-refractivity contribution in [3.63, 3.8) is 0 Å². The molecule has 0 spiro atoms. The van der Waals surface area contributed by atoms with E-state index in [1.165, 1.54) is 0 Å². The monoisotopic (exact) mass is 307 g/mol. The van der Waals surface area contributed by atoms with Gasteiger partial charge in [-0.2, -0.15) is 4.98 Å². The number of hydrogen-bond donors (Lipinski definition) is 1. The van der Waals surface area contributed by atoms with E-state index in [-0.39, 0.29) is 5.91 Å². The van der Waals surface area contributed by atoms with Crippen LogP contribution in [0.3, 0.4) is 0 Å². The second kappa shape index (κ2) is 7.93. The summed E-state index contributed by atoms with van der Waals surface area (Å²) in [5.74, 6) is 1.95. The minimum Gasteiger partial charge on any atom is -0.481 e. The summed E-state index contributed by atoms with van der Waals surface area (Å²) in [6.07, 6.45) is 3.89. The zero-order chi connectivity index (χ0) is 15.9. The third-order valence-electron chi connectivity index (χ3n) is 4.05. The fraction of sp³-hybridized carbons (Fsp3) is 0.667. The van der Waals surface area contributed by atoms with Crippen molar-refractivity contribution in [2.45, 2.75) is 12.8 Å². The Hall–Kier alpha value is -1.89. The van der Waals surface area contributed by atoms with E-state index in [9.17, 15) is 4.79 Å². The average Bonchev–Trinajstić information content (AvgIpc) is 2.56. The maximum Gasteiger partial charge on any atom is 0.233 e. The Morgan fingerprint density at radius 2 is 2.23 bits per heavy atom. The van der Waals surface area contributed by atoms with Crippen LogP contribution in [0.2, 0.25) is 0 Å². The van der Waals surface area contributed by atoms with Crippen LogP contribution >= 0.6 is 0 Å². The molecule has 1 saturated heterocycles. The van der Waals surface area contributed by atoms with Crippen molar-refractivity contribution in [3.05, 3.63) is 12.3 Å². The highest BCUT2D eigenvalue weighted by Crippen LogP contribution is 2.20. The Bertz CT molecular complexity index is 489. The summed E-state index contributed by atoms with van der Waals surface area (Å²) < 4.78 is 5.13. The normalized spacial score (nSPS) is 16.3. The van der Waals surface area contributed by atoms with Crippen molar-refractivity contribution in [1.29, 1.82) is 0 Å². The zero-order valence-corrected chi connectivity index (χ0v) is 13.6. The molecule has 2 heterocycles. The number of likely N-dealkylation sites (tertiary alicyclic amines) is 1. The van der Waals surface area contributed by atoms with Crippen molar-refractivity contribution in [1.82, 2.24) is 20.2 Å². The highest BCUT2D eigenvalue weighted by molar-refractivity contribution is 5.77. The van der Waals surface area contributed by atoms with Crippen LogP contribution in [-0.4, -0.2) is 68.2 Å². The lowest BCUT2D eigenvalue weighted by atomic mass is 9.96. The summed E-state index contributed by atoms with van der Waals surface area (Å²) in [6, 6.07) is 1.74. The Labute approximate surface area is 131 Å². The van der Waals surface area contributed by atoms with Gasteiger partial charge < -0.3 is 15.0 Å². The van der Waals surface area contributed by atoms with Gasteiger partial charge in [0.05, 0.1) is 13.7 Å². The molecular weight excluding hydrogens is 282 g/mol. The molecule has 0 saturated carbocycles. The van der Waals surface area contributed by atoms with Crippen LogP contribution < -0.4 is 15.0 Å². The first-order valence-corrected chi connectivity index (χ1v) is 7.63. The number of nitrogens with zero attached hydrogens (tertiary/aromatic N) is 4. The van der Waals surface area contributed by atoms with Crippen LogP contribution in [-0.2, 0) is 4.79 Å². The number of hydrogen-bond acceptors (Lipinski definition) is 6. The lowest BCUT2D eigenvalue weighted by molar-refractivity contribution is -0.122. The van der Waals surface area contributed by atoms with Gasteiger partial charge in [-0.05, 0) is 31.8 Å². The molecule has 22 heavy (non-hydrogen) atoms. The molecule has 0 radical (unpaired) electrons. The van der Waals surface area contributed by atoms with Crippen LogP contribution in [0.5, 0.6) is 5.88 Å². The molecule has 7 heteroatoms. The fourth-order valence-corrected chi connectivity index (χ4v) is 2.71. The van der Waals surface area contributed by atoms with Gasteiger partial charge in [-0.3, -0.25) is 9.69 Å². The maximum atomic E-state index is 11.4. The van der Waals surface area contributed by atoms with Crippen LogP contribution in [0.15, 0.2) is 12.3 Å². The summed E-state index contributed by atoms with van der Waals surface area (Å²) in [4.78, 5) is 24.3. The first-order valence-electron chi connectivity index (χ1n) is 7.63. The largest absolute Gasteiger partial charge is 0.481 e. The molecule has 2 rings (SSSR count). The van der Waals surface area contributed by atoms with Gasteiger partial charge in [-0.15, -0.1) is 0 Å². The minimum atomic E-state index is 0.0837. The predicted molar refractivity (Wildman–Crippen MR) is 85.1 cm³/mol. The van der Waals surface area contributed by atoms with Gasteiger partial charge in [-0.1, -0.05) is 0 Å². The highest BCUT2D eigenvalue weighted by atomic mass is 16.5. The number of carbonyl (C=O) groups excluding carboxylic acids is 1. The van der Waals surface area contributed by atoms with Gasteiger partial charge in [0.15, 0.2) is 0 Å². The van der Waals surface area contributed by atoms with Crippen molar-refractivity contribution >= 4 is 11.9 Å². The summed E-state index contributed by atoms with van der Waals surface area (Å²) in [7, 11) is 5.29. The van der Waals surface area contributed by atoms with E-state index in [2.05, 4.69) is 25.1 Å². The number of nitrogens with one attached hydrogen (secondary N) is 1. The Balaban J connectivity index is 1.81. The third-order valence-corrected chi connectivity index (χ3v) is 4.05. The van der Waals surface area contributed by atoms with Crippen LogP contribution in [0.25, 0.3) is 0 Å². The van der Waals surface area contributed by atoms with Crippen LogP contribution in [0.4, 0.5) is 5.95 Å².